The fourth-order valence-electron chi connectivity index (χ4n) is 4.30. The van der Waals surface area contributed by atoms with Crippen molar-refractivity contribution in [2.45, 2.75) is 19.4 Å². The highest BCUT2D eigenvalue weighted by Crippen LogP contribution is 2.31. The lowest BCUT2D eigenvalue weighted by Gasteiger charge is -2.36. The predicted molar refractivity (Wildman–Crippen MR) is 124 cm³/mol. The molecule has 0 aliphatic carbocycles. The van der Waals surface area contributed by atoms with Crippen LogP contribution in [0.2, 0.25) is 0 Å². The lowest BCUT2D eigenvalue weighted by molar-refractivity contribution is 0.251. The average Bonchev–Trinajstić information content (AvgIpc) is 3.41. The molecule has 1 saturated heterocycles. The molecule has 4 aromatic rings. The molecular weight excluding hydrogens is 408 g/mol. The number of rotatable bonds is 6. The SMILES string of the molecule is N#Cc1ccn2c(=O)n(CCCCN3CCN(c4cccc5sccc45)CC3)nc2c1. The standard InChI is InChI=1S/C23H24N6OS/c24-17-18-6-10-28-22(16-18)25-29(23(28)30)9-2-1-8-26-11-13-27(14-12-26)20-4-3-5-21-19(20)7-15-31-21/h3-7,10,15-16H,1-2,8-9,11-14H2. The van der Waals surface area contributed by atoms with E-state index in [-0.39, 0.29) is 5.69 Å². The molecule has 0 N–H and O–H groups in total. The number of hydrogen-bond donors (Lipinski definition) is 0. The van der Waals surface area contributed by atoms with Gasteiger partial charge in [0.1, 0.15) is 0 Å². The zero-order valence-electron chi connectivity index (χ0n) is 17.3. The second-order valence-corrected chi connectivity index (χ2v) is 8.85. The summed E-state index contributed by atoms with van der Waals surface area (Å²) in [5, 5.41) is 16.9. The van der Waals surface area contributed by atoms with Crippen LogP contribution in [-0.2, 0) is 6.54 Å². The summed E-state index contributed by atoms with van der Waals surface area (Å²) in [4.78, 5) is 17.4. The van der Waals surface area contributed by atoms with Crippen LogP contribution in [0, 0.1) is 11.3 Å². The van der Waals surface area contributed by atoms with Crippen molar-refractivity contribution in [3.05, 3.63) is 64.0 Å². The van der Waals surface area contributed by atoms with Gasteiger partial charge in [0.15, 0.2) is 5.65 Å². The molecule has 1 aliphatic heterocycles. The zero-order chi connectivity index (χ0) is 21.2. The van der Waals surface area contributed by atoms with E-state index < -0.39 is 0 Å². The van der Waals surface area contributed by atoms with Crippen LogP contribution in [0.5, 0.6) is 0 Å². The van der Waals surface area contributed by atoms with Crippen LogP contribution in [0.25, 0.3) is 15.7 Å². The van der Waals surface area contributed by atoms with Crippen molar-refractivity contribution in [2.75, 3.05) is 37.6 Å². The molecule has 1 aromatic carbocycles. The number of nitrogens with zero attached hydrogens (tertiary/aromatic N) is 6. The molecule has 0 unspecified atom stereocenters. The Bertz CT molecular complexity index is 1310. The molecule has 3 aromatic heterocycles. The van der Waals surface area contributed by atoms with Gasteiger partial charge in [0.05, 0.1) is 11.6 Å². The van der Waals surface area contributed by atoms with Gasteiger partial charge in [0.25, 0.3) is 0 Å². The quantitative estimate of drug-likeness (QED) is 0.438. The summed E-state index contributed by atoms with van der Waals surface area (Å²) in [7, 11) is 0. The number of unbranched alkanes of at least 4 members (excludes halogenated alkanes) is 1. The fourth-order valence-corrected chi connectivity index (χ4v) is 5.10. The molecule has 0 atom stereocenters. The third-order valence-electron chi connectivity index (χ3n) is 5.99. The molecule has 0 spiro atoms. The van der Waals surface area contributed by atoms with E-state index in [1.807, 2.05) is 0 Å². The molecular formula is C23H24N6OS. The number of pyridine rings is 1. The van der Waals surface area contributed by atoms with Gasteiger partial charge in [-0.2, -0.15) is 5.26 Å². The Kier molecular flexibility index (Phi) is 5.45. The third-order valence-corrected chi connectivity index (χ3v) is 6.88. The van der Waals surface area contributed by atoms with Gasteiger partial charge in [-0.3, -0.25) is 9.30 Å². The first-order valence-corrected chi connectivity index (χ1v) is 11.5. The van der Waals surface area contributed by atoms with Gasteiger partial charge in [-0.15, -0.1) is 16.4 Å². The van der Waals surface area contributed by atoms with Crippen LogP contribution in [0.3, 0.4) is 0 Å². The van der Waals surface area contributed by atoms with Crippen LogP contribution in [0.1, 0.15) is 18.4 Å². The molecule has 1 fully saturated rings. The first kappa shape index (κ1) is 19.8. The van der Waals surface area contributed by atoms with Crippen molar-refractivity contribution in [3.8, 4) is 6.07 Å². The fraction of sp³-hybridized carbons (Fsp3) is 0.348. The molecule has 1 aliphatic rings. The van der Waals surface area contributed by atoms with Crippen LogP contribution < -0.4 is 10.6 Å². The summed E-state index contributed by atoms with van der Waals surface area (Å²) in [6.45, 7) is 5.85. The lowest BCUT2D eigenvalue weighted by atomic mass is 10.2. The molecule has 0 saturated carbocycles. The summed E-state index contributed by atoms with van der Waals surface area (Å²) in [5.41, 5.74) is 2.25. The summed E-state index contributed by atoms with van der Waals surface area (Å²) in [6, 6.07) is 14.2. The van der Waals surface area contributed by atoms with E-state index in [2.05, 4.69) is 50.6 Å². The molecule has 5 rings (SSSR count). The number of aromatic nitrogens is 3. The number of hydrogen-bond acceptors (Lipinski definition) is 6. The molecule has 0 amide bonds. The summed E-state index contributed by atoms with van der Waals surface area (Å²) in [5.74, 6) is 0. The molecule has 158 valence electrons. The Labute approximate surface area is 184 Å². The maximum absolute atomic E-state index is 12.4. The van der Waals surface area contributed by atoms with Gasteiger partial charge in [-0.05, 0) is 49.0 Å². The Hall–Kier alpha value is -3.15. The van der Waals surface area contributed by atoms with Crippen molar-refractivity contribution in [3.63, 3.8) is 0 Å². The van der Waals surface area contributed by atoms with Gasteiger partial charge in [-0.25, -0.2) is 9.48 Å². The monoisotopic (exact) mass is 432 g/mol. The summed E-state index contributed by atoms with van der Waals surface area (Å²) < 4.78 is 4.36. The van der Waals surface area contributed by atoms with Gasteiger partial charge in [0, 0.05) is 60.8 Å². The molecule has 0 bridgehead atoms. The van der Waals surface area contributed by atoms with Gasteiger partial charge in [0.2, 0.25) is 0 Å². The van der Waals surface area contributed by atoms with E-state index >= 15 is 0 Å². The predicted octanol–water partition coefficient (Wildman–Crippen LogP) is 3.18. The van der Waals surface area contributed by atoms with E-state index in [9.17, 15) is 4.79 Å². The number of piperazine rings is 1. The third kappa shape index (κ3) is 3.94. The Morgan fingerprint density at radius 2 is 1.90 bits per heavy atom. The molecule has 8 heteroatoms. The highest BCUT2D eigenvalue weighted by molar-refractivity contribution is 7.17. The number of benzene rings is 1. The normalized spacial score (nSPS) is 15.0. The van der Waals surface area contributed by atoms with Crippen molar-refractivity contribution >= 4 is 32.8 Å². The number of nitriles is 1. The van der Waals surface area contributed by atoms with Crippen molar-refractivity contribution in [2.24, 2.45) is 0 Å². The van der Waals surface area contributed by atoms with Crippen molar-refractivity contribution < 1.29 is 0 Å². The highest BCUT2D eigenvalue weighted by atomic mass is 32.1. The van der Waals surface area contributed by atoms with Crippen molar-refractivity contribution in [1.29, 1.82) is 5.26 Å². The largest absolute Gasteiger partial charge is 0.368 e. The van der Waals surface area contributed by atoms with Crippen LogP contribution in [0.4, 0.5) is 5.69 Å². The molecule has 0 radical (unpaired) electrons. The van der Waals surface area contributed by atoms with Gasteiger partial charge < -0.3 is 4.90 Å². The van der Waals surface area contributed by atoms with E-state index in [1.165, 1.54) is 24.9 Å². The number of anilines is 1. The Balaban J connectivity index is 1.12. The van der Waals surface area contributed by atoms with Gasteiger partial charge >= 0.3 is 5.69 Å². The minimum absolute atomic E-state index is 0.143. The number of thiophene rings is 1. The van der Waals surface area contributed by atoms with Gasteiger partial charge in [-0.1, -0.05) is 6.07 Å². The van der Waals surface area contributed by atoms with E-state index in [0.717, 1.165) is 45.6 Å². The van der Waals surface area contributed by atoms with E-state index in [4.69, 9.17) is 5.26 Å². The maximum Gasteiger partial charge on any atom is 0.350 e. The Morgan fingerprint density at radius 3 is 2.74 bits per heavy atom. The Morgan fingerprint density at radius 1 is 1.06 bits per heavy atom. The first-order valence-electron chi connectivity index (χ1n) is 10.7. The topological polar surface area (TPSA) is 69.6 Å². The smallest absolute Gasteiger partial charge is 0.350 e. The first-order chi connectivity index (χ1) is 15.2. The molecule has 7 nitrogen and oxygen atoms in total. The number of fused-ring (bicyclic) bond motifs is 2. The minimum Gasteiger partial charge on any atom is -0.368 e. The van der Waals surface area contributed by atoms with E-state index in [0.29, 0.717) is 17.8 Å². The van der Waals surface area contributed by atoms with Crippen LogP contribution >= 0.6 is 11.3 Å². The van der Waals surface area contributed by atoms with E-state index in [1.54, 1.807) is 29.7 Å². The minimum atomic E-state index is -0.143. The van der Waals surface area contributed by atoms with Crippen LogP contribution in [-0.4, -0.2) is 51.8 Å². The molecule has 4 heterocycles. The average molecular weight is 433 g/mol. The van der Waals surface area contributed by atoms with Crippen LogP contribution in [0.15, 0.2) is 52.8 Å². The molecule has 31 heavy (non-hydrogen) atoms. The zero-order valence-corrected chi connectivity index (χ0v) is 18.1. The summed E-state index contributed by atoms with van der Waals surface area (Å²) in [6.07, 6.45) is 3.56. The highest BCUT2D eigenvalue weighted by Gasteiger charge is 2.18. The maximum atomic E-state index is 12.4. The number of aryl methyl sites for hydroxylation is 1. The summed E-state index contributed by atoms with van der Waals surface area (Å²) >= 11 is 1.80. The van der Waals surface area contributed by atoms with Crippen molar-refractivity contribution in [1.82, 2.24) is 19.1 Å². The second kappa shape index (κ2) is 8.53. The second-order valence-electron chi connectivity index (χ2n) is 7.91. The lowest BCUT2D eigenvalue weighted by Crippen LogP contribution is -2.46.